The average Bonchev–Trinajstić information content (AvgIpc) is 2.63. The van der Waals surface area contributed by atoms with Crippen LogP contribution in [0.25, 0.3) is 0 Å². The van der Waals surface area contributed by atoms with Gasteiger partial charge in [0.2, 0.25) is 5.91 Å². The molecule has 1 aliphatic rings. The van der Waals surface area contributed by atoms with Crippen molar-refractivity contribution in [1.29, 1.82) is 0 Å². The van der Waals surface area contributed by atoms with Crippen LogP contribution < -0.4 is 5.32 Å². The minimum Gasteiger partial charge on any atom is -0.344 e. The highest BCUT2D eigenvalue weighted by Gasteiger charge is 2.41. The fourth-order valence-corrected chi connectivity index (χ4v) is 2.59. The Balaban J connectivity index is 2.68. The van der Waals surface area contributed by atoms with E-state index in [9.17, 15) is 4.79 Å². The normalized spacial score (nSPS) is 25.8. The van der Waals surface area contributed by atoms with Crippen molar-refractivity contribution < 1.29 is 4.79 Å². The molecule has 0 aromatic heterocycles. The molecule has 0 bridgehead atoms. The van der Waals surface area contributed by atoms with Crippen molar-refractivity contribution in [2.24, 2.45) is 5.41 Å². The van der Waals surface area contributed by atoms with Gasteiger partial charge < -0.3 is 10.2 Å². The Kier molecular flexibility index (Phi) is 4.00. The van der Waals surface area contributed by atoms with Gasteiger partial charge in [0.25, 0.3) is 0 Å². The van der Waals surface area contributed by atoms with E-state index in [1.165, 1.54) is 0 Å². The van der Waals surface area contributed by atoms with E-state index in [2.05, 4.69) is 33.0 Å². The van der Waals surface area contributed by atoms with Crippen LogP contribution >= 0.6 is 0 Å². The lowest BCUT2D eigenvalue weighted by atomic mass is 9.90. The van der Waals surface area contributed by atoms with Crippen molar-refractivity contribution in [2.75, 3.05) is 20.1 Å². The Morgan fingerprint density at radius 3 is 2.44 bits per heavy atom. The first-order valence-electron chi connectivity index (χ1n) is 6.31. The van der Waals surface area contributed by atoms with Crippen LogP contribution in [0.15, 0.2) is 0 Å². The molecule has 1 unspecified atom stereocenters. The summed E-state index contributed by atoms with van der Waals surface area (Å²) < 4.78 is 0. The Bertz CT molecular complexity index is 249. The summed E-state index contributed by atoms with van der Waals surface area (Å²) in [7, 11) is 1.92. The molecule has 16 heavy (non-hydrogen) atoms. The number of hydrogen-bond donors (Lipinski definition) is 1. The Hall–Kier alpha value is -0.570. The second-order valence-electron chi connectivity index (χ2n) is 6.19. The SMILES string of the molecule is CCC1(C(=O)N(C)CC(C)(C)C)CCCN1. The maximum absolute atomic E-state index is 12.4. The van der Waals surface area contributed by atoms with Gasteiger partial charge in [0.15, 0.2) is 0 Å². The third-order valence-electron chi connectivity index (χ3n) is 3.31. The summed E-state index contributed by atoms with van der Waals surface area (Å²) in [6, 6.07) is 0. The van der Waals surface area contributed by atoms with Gasteiger partial charge >= 0.3 is 0 Å². The summed E-state index contributed by atoms with van der Waals surface area (Å²) in [5, 5.41) is 3.40. The minimum absolute atomic E-state index is 0.165. The van der Waals surface area contributed by atoms with Crippen LogP contribution in [0.5, 0.6) is 0 Å². The van der Waals surface area contributed by atoms with Gasteiger partial charge in [0.1, 0.15) is 0 Å². The molecule has 3 heteroatoms. The molecule has 1 aliphatic heterocycles. The first kappa shape index (κ1) is 13.5. The van der Waals surface area contributed by atoms with Gasteiger partial charge in [-0.25, -0.2) is 0 Å². The van der Waals surface area contributed by atoms with Gasteiger partial charge in [-0.15, -0.1) is 0 Å². The van der Waals surface area contributed by atoms with Crippen molar-refractivity contribution in [2.45, 2.75) is 52.5 Å². The fraction of sp³-hybridized carbons (Fsp3) is 0.923. The Morgan fingerprint density at radius 1 is 1.44 bits per heavy atom. The van der Waals surface area contributed by atoms with Crippen molar-refractivity contribution in [3.63, 3.8) is 0 Å². The Labute approximate surface area is 99.6 Å². The quantitative estimate of drug-likeness (QED) is 0.798. The van der Waals surface area contributed by atoms with Gasteiger partial charge in [-0.1, -0.05) is 27.7 Å². The molecule has 0 saturated carbocycles. The minimum atomic E-state index is -0.278. The lowest BCUT2D eigenvalue weighted by Crippen LogP contribution is -2.54. The third-order valence-corrected chi connectivity index (χ3v) is 3.31. The van der Waals surface area contributed by atoms with Crippen LogP contribution in [0.3, 0.4) is 0 Å². The molecular formula is C13H26N2O. The van der Waals surface area contributed by atoms with Crippen molar-refractivity contribution in [3.8, 4) is 0 Å². The van der Waals surface area contributed by atoms with E-state index < -0.39 is 0 Å². The molecule has 0 aromatic rings. The van der Waals surface area contributed by atoms with Crippen molar-refractivity contribution in [3.05, 3.63) is 0 Å². The van der Waals surface area contributed by atoms with E-state index in [-0.39, 0.29) is 16.9 Å². The van der Waals surface area contributed by atoms with E-state index in [1.807, 2.05) is 11.9 Å². The molecular weight excluding hydrogens is 200 g/mol. The second kappa shape index (κ2) is 4.74. The predicted octanol–water partition coefficient (Wildman–Crippen LogP) is 2.02. The Morgan fingerprint density at radius 2 is 2.06 bits per heavy atom. The number of carbonyl (C=O) groups is 1. The number of amides is 1. The smallest absolute Gasteiger partial charge is 0.242 e. The van der Waals surface area contributed by atoms with Gasteiger partial charge in [-0.3, -0.25) is 4.79 Å². The van der Waals surface area contributed by atoms with E-state index >= 15 is 0 Å². The third kappa shape index (κ3) is 2.97. The number of rotatable bonds is 3. The molecule has 1 atom stereocenters. The van der Waals surface area contributed by atoms with Crippen LogP contribution in [0.1, 0.15) is 47.0 Å². The first-order valence-corrected chi connectivity index (χ1v) is 6.31. The highest BCUT2D eigenvalue weighted by Crippen LogP contribution is 2.26. The van der Waals surface area contributed by atoms with Crippen LogP contribution in [0, 0.1) is 5.41 Å². The highest BCUT2D eigenvalue weighted by molar-refractivity contribution is 5.86. The first-order chi connectivity index (χ1) is 7.31. The van der Waals surface area contributed by atoms with E-state index in [0.717, 1.165) is 32.4 Å². The lowest BCUT2D eigenvalue weighted by Gasteiger charge is -2.35. The molecule has 1 rings (SSSR count). The summed E-state index contributed by atoms with van der Waals surface area (Å²) in [4.78, 5) is 14.3. The monoisotopic (exact) mass is 226 g/mol. The van der Waals surface area contributed by atoms with Crippen LogP contribution in [-0.4, -0.2) is 36.5 Å². The number of nitrogens with zero attached hydrogens (tertiary/aromatic N) is 1. The zero-order valence-corrected chi connectivity index (χ0v) is 11.4. The maximum Gasteiger partial charge on any atom is 0.242 e. The van der Waals surface area contributed by atoms with Crippen LogP contribution in [0.4, 0.5) is 0 Å². The second-order valence-corrected chi connectivity index (χ2v) is 6.19. The summed E-state index contributed by atoms with van der Waals surface area (Å²) >= 11 is 0. The van der Waals surface area contributed by atoms with Crippen molar-refractivity contribution in [1.82, 2.24) is 10.2 Å². The topological polar surface area (TPSA) is 32.3 Å². The largest absolute Gasteiger partial charge is 0.344 e. The fourth-order valence-electron chi connectivity index (χ4n) is 2.59. The molecule has 1 amide bonds. The molecule has 94 valence electrons. The molecule has 0 aromatic carbocycles. The molecule has 0 spiro atoms. The van der Waals surface area contributed by atoms with Gasteiger partial charge in [-0.2, -0.15) is 0 Å². The molecule has 1 saturated heterocycles. The van der Waals surface area contributed by atoms with E-state index in [1.54, 1.807) is 0 Å². The molecule has 1 heterocycles. The number of nitrogens with one attached hydrogen (secondary N) is 1. The predicted molar refractivity (Wildman–Crippen MR) is 67.4 cm³/mol. The molecule has 0 radical (unpaired) electrons. The average molecular weight is 226 g/mol. The number of carbonyl (C=O) groups excluding carboxylic acids is 1. The summed E-state index contributed by atoms with van der Waals surface area (Å²) in [5.74, 6) is 0.266. The summed E-state index contributed by atoms with van der Waals surface area (Å²) in [6.07, 6.45) is 2.99. The van der Waals surface area contributed by atoms with Crippen LogP contribution in [-0.2, 0) is 4.79 Å². The highest BCUT2D eigenvalue weighted by atomic mass is 16.2. The summed E-state index contributed by atoms with van der Waals surface area (Å²) in [6.45, 7) is 10.4. The molecule has 1 fully saturated rings. The van der Waals surface area contributed by atoms with Gasteiger partial charge in [0, 0.05) is 13.6 Å². The van der Waals surface area contributed by atoms with E-state index in [4.69, 9.17) is 0 Å². The van der Waals surface area contributed by atoms with Gasteiger partial charge in [0.05, 0.1) is 5.54 Å². The zero-order valence-electron chi connectivity index (χ0n) is 11.4. The maximum atomic E-state index is 12.4. The van der Waals surface area contributed by atoms with Crippen LogP contribution in [0.2, 0.25) is 0 Å². The van der Waals surface area contributed by atoms with Gasteiger partial charge in [-0.05, 0) is 31.2 Å². The number of likely N-dealkylation sites (N-methyl/N-ethyl adjacent to an activating group) is 1. The van der Waals surface area contributed by atoms with E-state index in [0.29, 0.717) is 0 Å². The molecule has 0 aliphatic carbocycles. The van der Waals surface area contributed by atoms with Crippen molar-refractivity contribution >= 4 is 5.91 Å². The zero-order chi connectivity index (χ0) is 12.4. The molecule has 1 N–H and O–H groups in total. The number of hydrogen-bond acceptors (Lipinski definition) is 2. The lowest BCUT2D eigenvalue weighted by molar-refractivity contribution is -0.137. The summed E-state index contributed by atoms with van der Waals surface area (Å²) in [5.41, 5.74) is -0.113. The standard InChI is InChI=1S/C13H26N2O/c1-6-13(8-7-9-14-13)11(16)15(5)10-12(2,3)4/h14H,6-10H2,1-5H3. The molecule has 3 nitrogen and oxygen atoms in total.